The van der Waals surface area contributed by atoms with Crippen molar-refractivity contribution in [2.45, 2.75) is 32.9 Å². The Bertz CT molecular complexity index is 826. The Morgan fingerprint density at radius 2 is 2.03 bits per heavy atom. The molecule has 1 aliphatic heterocycles. The van der Waals surface area contributed by atoms with Crippen LogP contribution in [0.2, 0.25) is 5.02 Å². The lowest BCUT2D eigenvalue weighted by Gasteiger charge is -2.26. The van der Waals surface area contributed by atoms with Gasteiger partial charge in [-0.3, -0.25) is 9.89 Å². The van der Waals surface area contributed by atoms with Gasteiger partial charge in [-0.2, -0.15) is 0 Å². The monoisotopic (exact) mass is 575 g/mol. The highest BCUT2D eigenvalue weighted by Crippen LogP contribution is 2.16. The molecule has 0 radical (unpaired) electrons. The maximum atomic E-state index is 6.37. The van der Waals surface area contributed by atoms with Gasteiger partial charge in [0.15, 0.2) is 5.96 Å². The number of benzene rings is 1. The van der Waals surface area contributed by atoms with Gasteiger partial charge in [0, 0.05) is 64.3 Å². The molecule has 2 heterocycles. The minimum atomic E-state index is 0. The van der Waals surface area contributed by atoms with Crippen LogP contribution in [0, 0.1) is 0 Å². The lowest BCUT2D eigenvalue weighted by Crippen LogP contribution is -2.40. The van der Waals surface area contributed by atoms with E-state index in [-0.39, 0.29) is 24.0 Å². The van der Waals surface area contributed by atoms with Crippen LogP contribution in [-0.4, -0.2) is 83.5 Å². The van der Waals surface area contributed by atoms with Crippen molar-refractivity contribution in [3.8, 4) is 0 Å². The van der Waals surface area contributed by atoms with Gasteiger partial charge in [0.2, 0.25) is 0 Å². The van der Waals surface area contributed by atoms with Gasteiger partial charge in [0.05, 0.1) is 13.2 Å². The number of nitrogens with one attached hydrogen (secondary N) is 1. The number of morpholine rings is 1. The molecule has 1 N–H and O–H groups in total. The predicted octanol–water partition coefficient (Wildman–Crippen LogP) is 2.91. The molecule has 178 valence electrons. The van der Waals surface area contributed by atoms with E-state index in [2.05, 4.69) is 42.9 Å². The van der Waals surface area contributed by atoms with Crippen LogP contribution in [0.15, 0.2) is 35.6 Å². The molecule has 2 aromatic rings. The average molecular weight is 576 g/mol. The Morgan fingerprint density at radius 1 is 1.25 bits per heavy atom. The smallest absolute Gasteiger partial charge is 0.194 e. The highest BCUT2D eigenvalue weighted by molar-refractivity contribution is 14.0. The van der Waals surface area contributed by atoms with Crippen LogP contribution in [-0.2, 0) is 24.2 Å². The molecule has 0 bridgehead atoms. The molecule has 0 saturated carbocycles. The average Bonchev–Trinajstić information content (AvgIpc) is 3.25. The molecule has 0 aliphatic carbocycles. The fourth-order valence-corrected chi connectivity index (χ4v) is 3.80. The van der Waals surface area contributed by atoms with E-state index < -0.39 is 0 Å². The zero-order valence-electron chi connectivity index (χ0n) is 19.0. The summed E-state index contributed by atoms with van der Waals surface area (Å²) in [6.45, 7) is 9.85. The second-order valence-electron chi connectivity index (χ2n) is 7.68. The van der Waals surface area contributed by atoms with Crippen LogP contribution in [0.1, 0.15) is 24.7 Å². The number of hydrogen-bond acceptors (Lipinski definition) is 5. The second kappa shape index (κ2) is 14.7. The first-order chi connectivity index (χ1) is 15.2. The number of guanidine groups is 1. The third-order valence-corrected chi connectivity index (χ3v) is 5.74. The number of nitrogens with zero attached hydrogens (tertiary/aromatic N) is 6. The summed E-state index contributed by atoms with van der Waals surface area (Å²) in [5.74, 6) is 1.88. The van der Waals surface area contributed by atoms with Crippen molar-refractivity contribution in [1.82, 2.24) is 29.9 Å². The minimum absolute atomic E-state index is 0. The van der Waals surface area contributed by atoms with Gasteiger partial charge in [0.25, 0.3) is 0 Å². The van der Waals surface area contributed by atoms with Crippen molar-refractivity contribution in [1.29, 1.82) is 0 Å². The van der Waals surface area contributed by atoms with Crippen LogP contribution in [0.25, 0.3) is 0 Å². The van der Waals surface area contributed by atoms with Crippen molar-refractivity contribution in [2.24, 2.45) is 4.99 Å². The van der Waals surface area contributed by atoms with E-state index in [4.69, 9.17) is 21.3 Å². The molecular weight excluding hydrogens is 541 g/mol. The van der Waals surface area contributed by atoms with E-state index >= 15 is 0 Å². The molecule has 1 saturated heterocycles. The topological polar surface area (TPSA) is 70.8 Å². The van der Waals surface area contributed by atoms with E-state index in [1.807, 2.05) is 25.2 Å². The Balaban J connectivity index is 0.00000363. The maximum Gasteiger partial charge on any atom is 0.194 e. The van der Waals surface area contributed by atoms with Crippen molar-refractivity contribution < 1.29 is 4.74 Å². The Kier molecular flexibility index (Phi) is 12.3. The summed E-state index contributed by atoms with van der Waals surface area (Å²) in [5.41, 5.74) is 1.08. The summed E-state index contributed by atoms with van der Waals surface area (Å²) in [6.07, 6.45) is 3.68. The van der Waals surface area contributed by atoms with Gasteiger partial charge < -0.3 is 19.5 Å². The van der Waals surface area contributed by atoms with E-state index in [0.717, 1.165) is 87.7 Å². The number of ether oxygens (including phenoxy) is 1. The molecule has 0 unspecified atom stereocenters. The molecular formula is C22H35ClIN7O. The lowest BCUT2D eigenvalue weighted by molar-refractivity contribution is 0.0377. The summed E-state index contributed by atoms with van der Waals surface area (Å²) in [7, 11) is 2.05. The largest absolute Gasteiger partial charge is 0.379 e. The number of halogens is 2. The Hall–Kier alpha value is -1.43. The molecule has 8 nitrogen and oxygen atoms in total. The predicted molar refractivity (Wildman–Crippen MR) is 140 cm³/mol. The van der Waals surface area contributed by atoms with Crippen LogP contribution in [0.5, 0.6) is 0 Å². The molecule has 1 fully saturated rings. The van der Waals surface area contributed by atoms with Gasteiger partial charge in [0.1, 0.15) is 12.2 Å². The second-order valence-corrected chi connectivity index (χ2v) is 8.09. The fourth-order valence-electron chi connectivity index (χ4n) is 3.60. The van der Waals surface area contributed by atoms with Crippen LogP contribution in [0.3, 0.4) is 0 Å². The van der Waals surface area contributed by atoms with Gasteiger partial charge in [-0.25, -0.2) is 0 Å². The Labute approximate surface area is 213 Å². The summed E-state index contributed by atoms with van der Waals surface area (Å²) in [5, 5.41) is 12.5. The molecule has 0 amide bonds. The molecule has 10 heteroatoms. The minimum Gasteiger partial charge on any atom is -0.379 e. The summed E-state index contributed by atoms with van der Waals surface area (Å²) in [6, 6.07) is 7.95. The number of rotatable bonds is 10. The SMILES string of the molecule is CCc1nncn1CCNC(=NCCCN1CCOCC1)N(C)Cc1ccccc1Cl.I. The molecule has 1 aliphatic rings. The van der Waals surface area contributed by atoms with E-state index in [9.17, 15) is 0 Å². The number of aryl methyl sites for hydroxylation is 1. The van der Waals surface area contributed by atoms with Crippen LogP contribution < -0.4 is 5.32 Å². The molecule has 0 spiro atoms. The maximum absolute atomic E-state index is 6.37. The molecule has 32 heavy (non-hydrogen) atoms. The molecule has 1 aromatic carbocycles. The number of hydrogen-bond donors (Lipinski definition) is 1. The van der Waals surface area contributed by atoms with E-state index in [1.54, 1.807) is 6.33 Å². The highest BCUT2D eigenvalue weighted by Gasteiger charge is 2.11. The van der Waals surface area contributed by atoms with Crippen molar-refractivity contribution in [2.75, 3.05) is 53.0 Å². The zero-order chi connectivity index (χ0) is 21.9. The molecule has 0 atom stereocenters. The first-order valence-electron chi connectivity index (χ1n) is 11.1. The Morgan fingerprint density at radius 3 is 2.78 bits per heavy atom. The molecule has 1 aromatic heterocycles. The van der Waals surface area contributed by atoms with Gasteiger partial charge in [-0.15, -0.1) is 34.2 Å². The number of aromatic nitrogens is 3. The standard InChI is InChI=1S/C22H34ClN7O.HI/c1-3-21-27-26-18-30(21)12-10-25-22(24-9-6-11-29-13-15-31-16-14-29)28(2)17-19-7-4-5-8-20(19)23;/h4-5,7-8,18H,3,6,9-17H2,1-2H3,(H,24,25);1H. The number of aliphatic imine (C=N–C) groups is 1. The summed E-state index contributed by atoms with van der Waals surface area (Å²) >= 11 is 6.37. The van der Waals surface area contributed by atoms with Crippen LogP contribution >= 0.6 is 35.6 Å². The van der Waals surface area contributed by atoms with Crippen molar-refractivity contribution in [3.63, 3.8) is 0 Å². The quantitative estimate of drug-likeness (QED) is 0.203. The third kappa shape index (κ3) is 8.49. The van der Waals surface area contributed by atoms with Gasteiger partial charge >= 0.3 is 0 Å². The third-order valence-electron chi connectivity index (χ3n) is 5.37. The van der Waals surface area contributed by atoms with Gasteiger partial charge in [-0.05, 0) is 18.1 Å². The van der Waals surface area contributed by atoms with E-state index in [0.29, 0.717) is 6.54 Å². The van der Waals surface area contributed by atoms with Crippen molar-refractivity contribution >= 4 is 41.5 Å². The fraction of sp³-hybridized carbons (Fsp3) is 0.591. The molecule has 3 rings (SSSR count). The van der Waals surface area contributed by atoms with E-state index in [1.165, 1.54) is 0 Å². The lowest BCUT2D eigenvalue weighted by atomic mass is 10.2. The van der Waals surface area contributed by atoms with Gasteiger partial charge in [-0.1, -0.05) is 36.7 Å². The first-order valence-corrected chi connectivity index (χ1v) is 11.4. The van der Waals surface area contributed by atoms with Crippen molar-refractivity contribution in [3.05, 3.63) is 47.0 Å². The highest BCUT2D eigenvalue weighted by atomic mass is 127. The van der Waals surface area contributed by atoms with Crippen LogP contribution in [0.4, 0.5) is 0 Å². The zero-order valence-corrected chi connectivity index (χ0v) is 22.1. The summed E-state index contributed by atoms with van der Waals surface area (Å²) < 4.78 is 7.51. The first kappa shape index (κ1) is 26.8. The normalized spacial score (nSPS) is 14.8. The summed E-state index contributed by atoms with van der Waals surface area (Å²) in [4.78, 5) is 9.46.